The quantitative estimate of drug-likeness (QED) is 0.597. The summed E-state index contributed by atoms with van der Waals surface area (Å²) in [5.74, 6) is 0.318. The zero-order chi connectivity index (χ0) is 12.3. The number of ether oxygens (including phenoxy) is 1. The minimum Gasteiger partial charge on any atom is -0.425 e. The van der Waals surface area contributed by atoms with E-state index in [1.807, 2.05) is 31.2 Å². The summed E-state index contributed by atoms with van der Waals surface area (Å²) >= 11 is 0. The third-order valence-electron chi connectivity index (χ3n) is 2.36. The molecule has 2 rings (SSSR count). The molecule has 0 aliphatic carbocycles. The largest absolute Gasteiger partial charge is 0.425 e. The first kappa shape index (κ1) is 11.2. The van der Waals surface area contributed by atoms with E-state index in [9.17, 15) is 4.79 Å². The molecule has 0 bridgehead atoms. The average molecular weight is 228 g/mol. The maximum Gasteiger partial charge on any atom is 0.337 e. The highest BCUT2D eigenvalue weighted by Crippen LogP contribution is 2.28. The molecule has 2 aromatic rings. The lowest BCUT2D eigenvalue weighted by molar-refractivity contribution is -0.130. The van der Waals surface area contributed by atoms with Gasteiger partial charge in [0.15, 0.2) is 0 Å². The van der Waals surface area contributed by atoms with Crippen LogP contribution >= 0.6 is 0 Å². The van der Waals surface area contributed by atoms with Crippen molar-refractivity contribution in [3.63, 3.8) is 0 Å². The summed E-state index contributed by atoms with van der Waals surface area (Å²) in [6, 6.07) is 11.2. The van der Waals surface area contributed by atoms with Crippen LogP contribution in [-0.2, 0) is 4.79 Å². The van der Waals surface area contributed by atoms with Crippen molar-refractivity contribution < 1.29 is 13.9 Å². The fraction of sp³-hybridized carbons (Fsp3) is 0.0714. The van der Waals surface area contributed by atoms with Crippen LogP contribution in [0.4, 0.5) is 0 Å². The number of rotatable bonds is 3. The van der Waals surface area contributed by atoms with Gasteiger partial charge < -0.3 is 9.15 Å². The second-order valence-electron chi connectivity index (χ2n) is 3.56. The first-order valence-corrected chi connectivity index (χ1v) is 5.21. The van der Waals surface area contributed by atoms with Gasteiger partial charge in [-0.2, -0.15) is 0 Å². The first-order chi connectivity index (χ1) is 8.20. The molecule has 0 fully saturated rings. The van der Waals surface area contributed by atoms with Crippen LogP contribution in [0.15, 0.2) is 53.5 Å². The molecule has 1 aromatic heterocycles. The van der Waals surface area contributed by atoms with Gasteiger partial charge in [-0.15, -0.1) is 0 Å². The summed E-state index contributed by atoms with van der Waals surface area (Å²) in [6.45, 7) is 5.31. The SMILES string of the molecule is C=CC(=O)Oc1ccc(-c2ccccc2C)o1. The van der Waals surface area contributed by atoms with E-state index in [0.717, 1.165) is 17.2 Å². The van der Waals surface area contributed by atoms with Crippen molar-refractivity contribution in [2.24, 2.45) is 0 Å². The van der Waals surface area contributed by atoms with Crippen molar-refractivity contribution in [3.05, 3.63) is 54.6 Å². The van der Waals surface area contributed by atoms with E-state index >= 15 is 0 Å². The predicted molar refractivity (Wildman–Crippen MR) is 64.7 cm³/mol. The van der Waals surface area contributed by atoms with Crippen LogP contribution in [0, 0.1) is 6.92 Å². The van der Waals surface area contributed by atoms with Crippen LogP contribution in [0.1, 0.15) is 5.56 Å². The van der Waals surface area contributed by atoms with Gasteiger partial charge in [0.25, 0.3) is 5.95 Å². The monoisotopic (exact) mass is 228 g/mol. The van der Waals surface area contributed by atoms with Gasteiger partial charge in [-0.05, 0) is 18.6 Å². The highest BCUT2D eigenvalue weighted by atomic mass is 16.6. The van der Waals surface area contributed by atoms with Crippen molar-refractivity contribution >= 4 is 5.97 Å². The lowest BCUT2D eigenvalue weighted by Gasteiger charge is -2.01. The maximum absolute atomic E-state index is 11.0. The van der Waals surface area contributed by atoms with Crippen molar-refractivity contribution in [1.82, 2.24) is 0 Å². The van der Waals surface area contributed by atoms with E-state index in [2.05, 4.69) is 6.58 Å². The minimum absolute atomic E-state index is 0.174. The molecular weight excluding hydrogens is 216 g/mol. The van der Waals surface area contributed by atoms with Crippen molar-refractivity contribution in [2.45, 2.75) is 6.92 Å². The van der Waals surface area contributed by atoms with Crippen LogP contribution < -0.4 is 4.74 Å². The Hall–Kier alpha value is -2.29. The van der Waals surface area contributed by atoms with Gasteiger partial charge >= 0.3 is 5.97 Å². The van der Waals surface area contributed by atoms with E-state index in [1.54, 1.807) is 12.1 Å². The fourth-order valence-corrected chi connectivity index (χ4v) is 1.51. The highest BCUT2D eigenvalue weighted by Gasteiger charge is 2.09. The molecular formula is C14H12O3. The number of esters is 1. The van der Waals surface area contributed by atoms with Gasteiger partial charge in [-0.1, -0.05) is 30.8 Å². The summed E-state index contributed by atoms with van der Waals surface area (Å²) in [6.07, 6.45) is 1.09. The summed E-state index contributed by atoms with van der Waals surface area (Å²) in [7, 11) is 0. The number of hydrogen-bond donors (Lipinski definition) is 0. The van der Waals surface area contributed by atoms with Gasteiger partial charge in [0.2, 0.25) is 0 Å². The molecule has 0 N–H and O–H groups in total. The number of furan rings is 1. The zero-order valence-electron chi connectivity index (χ0n) is 9.47. The fourth-order valence-electron chi connectivity index (χ4n) is 1.51. The maximum atomic E-state index is 11.0. The number of carbonyl (C=O) groups excluding carboxylic acids is 1. The summed E-state index contributed by atoms with van der Waals surface area (Å²) < 4.78 is 10.3. The molecule has 1 heterocycles. The van der Waals surface area contributed by atoms with E-state index in [1.165, 1.54) is 0 Å². The molecule has 0 aliphatic rings. The van der Waals surface area contributed by atoms with E-state index in [-0.39, 0.29) is 5.95 Å². The molecule has 0 spiro atoms. The third-order valence-corrected chi connectivity index (χ3v) is 2.36. The molecule has 86 valence electrons. The van der Waals surface area contributed by atoms with Gasteiger partial charge in [-0.25, -0.2) is 4.79 Å². The van der Waals surface area contributed by atoms with E-state index < -0.39 is 5.97 Å². The molecule has 0 atom stereocenters. The molecule has 0 saturated carbocycles. The topological polar surface area (TPSA) is 39.4 Å². The molecule has 1 aromatic carbocycles. The first-order valence-electron chi connectivity index (χ1n) is 5.21. The Morgan fingerprint density at radius 2 is 2.06 bits per heavy atom. The second-order valence-corrected chi connectivity index (χ2v) is 3.56. The van der Waals surface area contributed by atoms with Crippen LogP contribution in [-0.4, -0.2) is 5.97 Å². The lowest BCUT2D eigenvalue weighted by Crippen LogP contribution is -2.01. The van der Waals surface area contributed by atoms with E-state index in [0.29, 0.717) is 5.76 Å². The predicted octanol–water partition coefficient (Wildman–Crippen LogP) is 3.35. The molecule has 0 radical (unpaired) electrons. The molecule has 3 heteroatoms. The summed E-state index contributed by atoms with van der Waals surface area (Å²) in [5.41, 5.74) is 2.08. The van der Waals surface area contributed by atoms with Crippen LogP contribution in [0.25, 0.3) is 11.3 Å². The molecule has 0 unspecified atom stereocenters. The molecule has 0 amide bonds. The number of carbonyl (C=O) groups is 1. The average Bonchev–Trinajstić information content (AvgIpc) is 2.78. The van der Waals surface area contributed by atoms with E-state index in [4.69, 9.17) is 9.15 Å². The van der Waals surface area contributed by atoms with Gasteiger partial charge in [-0.3, -0.25) is 0 Å². The van der Waals surface area contributed by atoms with Gasteiger partial charge in [0.1, 0.15) is 5.76 Å². The molecule has 0 aliphatic heterocycles. The standard InChI is InChI=1S/C14H12O3/c1-3-13(15)17-14-9-8-12(16-14)11-7-5-4-6-10(11)2/h3-9H,1H2,2H3. The van der Waals surface area contributed by atoms with Crippen LogP contribution in [0.2, 0.25) is 0 Å². The summed E-state index contributed by atoms with van der Waals surface area (Å²) in [4.78, 5) is 11.0. The van der Waals surface area contributed by atoms with Crippen LogP contribution in [0.5, 0.6) is 5.95 Å². The highest BCUT2D eigenvalue weighted by molar-refractivity contribution is 5.83. The Morgan fingerprint density at radius 1 is 1.29 bits per heavy atom. The summed E-state index contributed by atoms with van der Waals surface area (Å²) in [5, 5.41) is 0. The number of benzene rings is 1. The Kier molecular flexibility index (Phi) is 3.10. The molecule has 17 heavy (non-hydrogen) atoms. The van der Waals surface area contributed by atoms with Crippen molar-refractivity contribution in [2.75, 3.05) is 0 Å². The van der Waals surface area contributed by atoms with Crippen molar-refractivity contribution in [1.29, 1.82) is 0 Å². The number of hydrogen-bond acceptors (Lipinski definition) is 3. The lowest BCUT2D eigenvalue weighted by atomic mass is 10.1. The normalized spacial score (nSPS) is 9.94. The Morgan fingerprint density at radius 3 is 2.76 bits per heavy atom. The molecule has 3 nitrogen and oxygen atoms in total. The molecule has 0 saturated heterocycles. The Balaban J connectivity index is 2.27. The minimum atomic E-state index is -0.532. The Bertz CT molecular complexity index is 552. The second kappa shape index (κ2) is 4.70. The van der Waals surface area contributed by atoms with Crippen LogP contribution in [0.3, 0.4) is 0 Å². The Labute approximate surface area is 99.3 Å². The number of aryl methyl sites for hydroxylation is 1. The van der Waals surface area contributed by atoms with Crippen molar-refractivity contribution in [3.8, 4) is 17.3 Å². The van der Waals surface area contributed by atoms with Gasteiger partial charge in [0, 0.05) is 17.7 Å². The third kappa shape index (κ3) is 2.45. The zero-order valence-corrected chi connectivity index (χ0v) is 9.47. The smallest absolute Gasteiger partial charge is 0.337 e. The van der Waals surface area contributed by atoms with Gasteiger partial charge in [0.05, 0.1) is 0 Å².